The number of benzene rings is 1. The Kier molecular flexibility index (Phi) is 7.60. The first-order valence-corrected chi connectivity index (χ1v) is 9.90. The number of rotatable bonds is 7. The van der Waals surface area contributed by atoms with Gasteiger partial charge in [0.25, 0.3) is 5.91 Å². The molecule has 0 bridgehead atoms. The lowest BCUT2D eigenvalue weighted by molar-refractivity contribution is -0.116. The third kappa shape index (κ3) is 7.46. The van der Waals surface area contributed by atoms with E-state index in [1.54, 1.807) is 50.4 Å². The average molecular weight is 420 g/mol. The van der Waals surface area contributed by atoms with E-state index in [0.717, 1.165) is 0 Å². The van der Waals surface area contributed by atoms with Crippen molar-refractivity contribution in [2.75, 3.05) is 24.3 Å². The van der Waals surface area contributed by atoms with Gasteiger partial charge in [-0.1, -0.05) is 0 Å². The quantitative estimate of drug-likeness (QED) is 0.632. The molecule has 1 aromatic heterocycles. The van der Waals surface area contributed by atoms with Crippen LogP contribution >= 0.6 is 11.3 Å². The molecule has 0 aliphatic carbocycles. The van der Waals surface area contributed by atoms with Gasteiger partial charge < -0.3 is 20.1 Å². The second-order valence-corrected chi connectivity index (χ2v) is 7.89. The maximum Gasteiger partial charge on any atom is 0.412 e. The van der Waals surface area contributed by atoms with E-state index in [-0.39, 0.29) is 24.8 Å². The van der Waals surface area contributed by atoms with Crippen LogP contribution in [0.1, 0.15) is 37.6 Å². The summed E-state index contributed by atoms with van der Waals surface area (Å²) < 4.78 is 10.5. The van der Waals surface area contributed by atoms with E-state index in [4.69, 9.17) is 9.47 Å². The Labute approximate surface area is 173 Å². The number of carbonyl (C=O) groups is 3. The third-order valence-electron chi connectivity index (χ3n) is 3.54. The summed E-state index contributed by atoms with van der Waals surface area (Å²) in [4.78, 5) is 36.0. The second-order valence-electron chi connectivity index (χ2n) is 7.11. The molecule has 0 saturated carbocycles. The minimum absolute atomic E-state index is 0.108. The Morgan fingerprint density at radius 3 is 2.48 bits per heavy atom. The van der Waals surface area contributed by atoms with Crippen molar-refractivity contribution >= 4 is 40.6 Å². The van der Waals surface area contributed by atoms with Crippen LogP contribution in [0.4, 0.5) is 16.2 Å². The molecule has 2 rings (SSSR count). The molecule has 9 heteroatoms. The summed E-state index contributed by atoms with van der Waals surface area (Å²) in [6.07, 6.45) is -0.521. The maximum absolute atomic E-state index is 12.2. The number of hydrogen-bond acceptors (Lipinski definition) is 6. The lowest BCUT2D eigenvalue weighted by Gasteiger charge is -2.20. The van der Waals surface area contributed by atoms with Crippen molar-refractivity contribution in [2.24, 2.45) is 0 Å². The Balaban J connectivity index is 1.91. The van der Waals surface area contributed by atoms with Gasteiger partial charge in [0.15, 0.2) is 0 Å². The van der Waals surface area contributed by atoms with Gasteiger partial charge in [0.1, 0.15) is 11.4 Å². The number of thiophene rings is 1. The van der Waals surface area contributed by atoms with Crippen LogP contribution in [-0.4, -0.2) is 37.2 Å². The summed E-state index contributed by atoms with van der Waals surface area (Å²) in [5.41, 5.74) is 0.774. The molecule has 0 atom stereocenters. The van der Waals surface area contributed by atoms with Crippen molar-refractivity contribution < 1.29 is 23.9 Å². The lowest BCUT2D eigenvalue weighted by atomic mass is 10.2. The number of hydrogen-bond donors (Lipinski definition) is 3. The molecule has 1 heterocycles. The highest BCUT2D eigenvalue weighted by Crippen LogP contribution is 2.28. The number of carbonyl (C=O) groups excluding carboxylic acids is 3. The zero-order valence-electron chi connectivity index (χ0n) is 16.8. The molecule has 156 valence electrons. The van der Waals surface area contributed by atoms with Gasteiger partial charge >= 0.3 is 6.09 Å². The Morgan fingerprint density at radius 1 is 1.10 bits per heavy atom. The fourth-order valence-corrected chi connectivity index (χ4v) is 2.94. The molecule has 0 spiro atoms. The van der Waals surface area contributed by atoms with Crippen LogP contribution in [0.25, 0.3) is 0 Å². The first kappa shape index (κ1) is 22.2. The van der Waals surface area contributed by atoms with Crippen molar-refractivity contribution in [3.8, 4) is 5.75 Å². The number of ether oxygens (including phenoxy) is 2. The molecule has 1 aromatic carbocycles. The largest absolute Gasteiger partial charge is 0.495 e. The standard InChI is InChI=1S/C20H25N3O5S/c1-20(2,3)28-19(26)23-15-11-14(5-6-16(15)27-4)22-17(24)7-9-21-18(25)13-8-10-29-12-13/h5-6,8,10-12H,7,9H2,1-4H3,(H,21,25)(H,22,24)(H,23,26). The molecule has 0 fully saturated rings. The summed E-state index contributed by atoms with van der Waals surface area (Å²) in [6.45, 7) is 5.49. The van der Waals surface area contributed by atoms with Crippen LogP contribution in [0.2, 0.25) is 0 Å². The summed E-state index contributed by atoms with van der Waals surface area (Å²) in [6, 6.07) is 6.57. The molecule has 29 heavy (non-hydrogen) atoms. The minimum atomic E-state index is -0.642. The van der Waals surface area contributed by atoms with Crippen molar-refractivity contribution in [1.82, 2.24) is 5.32 Å². The fraction of sp³-hybridized carbons (Fsp3) is 0.350. The predicted octanol–water partition coefficient (Wildman–Crippen LogP) is 3.86. The number of methoxy groups -OCH3 is 1. The molecule has 0 unspecified atom stereocenters. The van der Waals surface area contributed by atoms with E-state index in [9.17, 15) is 14.4 Å². The molecule has 0 aliphatic rings. The summed E-state index contributed by atoms with van der Waals surface area (Å²) >= 11 is 1.43. The Morgan fingerprint density at radius 2 is 1.86 bits per heavy atom. The summed E-state index contributed by atoms with van der Waals surface area (Å²) in [5, 5.41) is 11.6. The van der Waals surface area contributed by atoms with E-state index < -0.39 is 11.7 Å². The zero-order chi connectivity index (χ0) is 21.4. The summed E-state index contributed by atoms with van der Waals surface area (Å²) in [5.74, 6) is -0.0618. The van der Waals surface area contributed by atoms with Gasteiger partial charge in [0.05, 0.1) is 12.8 Å². The number of amides is 3. The molecule has 0 aliphatic heterocycles. The van der Waals surface area contributed by atoms with Gasteiger partial charge in [-0.15, -0.1) is 0 Å². The monoisotopic (exact) mass is 419 g/mol. The minimum Gasteiger partial charge on any atom is -0.495 e. The van der Waals surface area contributed by atoms with E-state index in [1.807, 2.05) is 5.38 Å². The van der Waals surface area contributed by atoms with Gasteiger partial charge in [-0.05, 0) is 50.4 Å². The van der Waals surface area contributed by atoms with E-state index >= 15 is 0 Å². The highest BCUT2D eigenvalue weighted by atomic mass is 32.1. The average Bonchev–Trinajstić information content (AvgIpc) is 3.15. The maximum atomic E-state index is 12.2. The van der Waals surface area contributed by atoms with Crippen LogP contribution in [0.15, 0.2) is 35.0 Å². The smallest absolute Gasteiger partial charge is 0.412 e. The van der Waals surface area contributed by atoms with E-state index in [1.165, 1.54) is 18.4 Å². The molecular formula is C20H25N3O5S. The van der Waals surface area contributed by atoms with Crippen molar-refractivity contribution in [3.05, 3.63) is 40.6 Å². The third-order valence-corrected chi connectivity index (χ3v) is 4.22. The van der Waals surface area contributed by atoms with Gasteiger partial charge in [-0.2, -0.15) is 11.3 Å². The highest BCUT2D eigenvalue weighted by molar-refractivity contribution is 7.08. The molecule has 3 N–H and O–H groups in total. The zero-order valence-corrected chi connectivity index (χ0v) is 17.6. The normalized spacial score (nSPS) is 10.8. The predicted molar refractivity (Wildman–Crippen MR) is 113 cm³/mol. The molecular weight excluding hydrogens is 394 g/mol. The van der Waals surface area contributed by atoms with Crippen molar-refractivity contribution in [3.63, 3.8) is 0 Å². The van der Waals surface area contributed by atoms with E-state index in [2.05, 4.69) is 16.0 Å². The van der Waals surface area contributed by atoms with E-state index in [0.29, 0.717) is 22.7 Å². The van der Waals surface area contributed by atoms with Gasteiger partial charge in [0.2, 0.25) is 5.91 Å². The van der Waals surface area contributed by atoms with Gasteiger partial charge in [0, 0.05) is 29.6 Å². The molecule has 8 nitrogen and oxygen atoms in total. The van der Waals surface area contributed by atoms with Gasteiger partial charge in [-0.3, -0.25) is 14.9 Å². The topological polar surface area (TPSA) is 106 Å². The van der Waals surface area contributed by atoms with Crippen LogP contribution < -0.4 is 20.7 Å². The van der Waals surface area contributed by atoms with Crippen LogP contribution in [0, 0.1) is 0 Å². The SMILES string of the molecule is COc1ccc(NC(=O)CCNC(=O)c2ccsc2)cc1NC(=O)OC(C)(C)C. The number of anilines is 2. The molecule has 3 amide bonds. The van der Waals surface area contributed by atoms with Crippen LogP contribution in [0.5, 0.6) is 5.75 Å². The molecule has 0 radical (unpaired) electrons. The number of nitrogens with one attached hydrogen (secondary N) is 3. The highest BCUT2D eigenvalue weighted by Gasteiger charge is 2.18. The fourth-order valence-electron chi connectivity index (χ4n) is 2.31. The first-order chi connectivity index (χ1) is 13.7. The van der Waals surface area contributed by atoms with Crippen molar-refractivity contribution in [2.45, 2.75) is 32.8 Å². The second kappa shape index (κ2) is 9.92. The lowest BCUT2D eigenvalue weighted by Crippen LogP contribution is -2.27. The molecule has 0 saturated heterocycles. The Hall–Kier alpha value is -3.07. The Bertz CT molecular complexity index is 859. The first-order valence-electron chi connectivity index (χ1n) is 8.96. The summed E-state index contributed by atoms with van der Waals surface area (Å²) in [7, 11) is 1.48. The molecule has 2 aromatic rings. The van der Waals surface area contributed by atoms with Gasteiger partial charge in [-0.25, -0.2) is 4.79 Å². The van der Waals surface area contributed by atoms with Crippen molar-refractivity contribution in [1.29, 1.82) is 0 Å². The van der Waals surface area contributed by atoms with Crippen LogP contribution in [-0.2, 0) is 9.53 Å². The van der Waals surface area contributed by atoms with Crippen LogP contribution in [0.3, 0.4) is 0 Å².